The number of benzene rings is 2. The fourth-order valence-electron chi connectivity index (χ4n) is 3.08. The third kappa shape index (κ3) is 3.05. The maximum Gasteiger partial charge on any atom is 0.242 e. The number of sulfone groups is 1. The van der Waals surface area contributed by atoms with Crippen LogP contribution in [0.1, 0.15) is 12.0 Å². The molecule has 0 atom stereocenters. The predicted molar refractivity (Wildman–Crippen MR) is 98.8 cm³/mol. The zero-order valence-electron chi connectivity index (χ0n) is 13.4. The van der Waals surface area contributed by atoms with Gasteiger partial charge in [0.25, 0.3) is 0 Å². The van der Waals surface area contributed by atoms with Crippen LogP contribution in [0.5, 0.6) is 0 Å². The van der Waals surface area contributed by atoms with Gasteiger partial charge >= 0.3 is 0 Å². The second kappa shape index (κ2) is 6.24. The largest absolute Gasteiger partial charge is 0.311 e. The van der Waals surface area contributed by atoms with Crippen molar-refractivity contribution in [3.05, 3.63) is 54.1 Å². The van der Waals surface area contributed by atoms with Gasteiger partial charge in [0.15, 0.2) is 0 Å². The van der Waals surface area contributed by atoms with Crippen LogP contribution < -0.4 is 4.90 Å². The van der Waals surface area contributed by atoms with Gasteiger partial charge in [-0.1, -0.05) is 30.3 Å². The Morgan fingerprint density at radius 3 is 2.72 bits per heavy atom. The Bertz CT molecular complexity index is 1020. The van der Waals surface area contributed by atoms with Crippen molar-refractivity contribution in [3.8, 4) is 0 Å². The van der Waals surface area contributed by atoms with E-state index in [-0.39, 0.29) is 4.34 Å². The van der Waals surface area contributed by atoms with Gasteiger partial charge in [-0.25, -0.2) is 13.4 Å². The zero-order chi connectivity index (χ0) is 17.4. The van der Waals surface area contributed by atoms with E-state index in [9.17, 15) is 13.2 Å². The second-order valence-corrected chi connectivity index (χ2v) is 9.18. The lowest BCUT2D eigenvalue weighted by atomic mass is 10.0. The smallest absolute Gasteiger partial charge is 0.242 e. The van der Waals surface area contributed by atoms with E-state index in [1.165, 1.54) is 0 Å². The summed E-state index contributed by atoms with van der Waals surface area (Å²) in [6, 6.07) is 14.9. The molecule has 2 aromatic carbocycles. The average Bonchev–Trinajstić information content (AvgIpc) is 3.06. The molecule has 1 amide bonds. The van der Waals surface area contributed by atoms with Crippen molar-refractivity contribution in [1.29, 1.82) is 0 Å². The molecule has 0 saturated carbocycles. The van der Waals surface area contributed by atoms with Gasteiger partial charge in [-0.2, -0.15) is 0 Å². The van der Waals surface area contributed by atoms with Crippen molar-refractivity contribution in [3.63, 3.8) is 0 Å². The second-order valence-electron chi connectivity index (χ2n) is 5.98. The normalized spacial score (nSPS) is 14.5. The molecule has 1 aliphatic heterocycles. The molecule has 1 aliphatic rings. The Kier molecular flexibility index (Phi) is 4.05. The Morgan fingerprint density at radius 2 is 1.88 bits per heavy atom. The summed E-state index contributed by atoms with van der Waals surface area (Å²) >= 11 is 1.11. The van der Waals surface area contributed by atoms with Gasteiger partial charge in [0.05, 0.1) is 10.2 Å². The van der Waals surface area contributed by atoms with Gasteiger partial charge in [-0.3, -0.25) is 4.79 Å². The van der Waals surface area contributed by atoms with Gasteiger partial charge in [-0.05, 0) is 36.6 Å². The highest BCUT2D eigenvalue weighted by molar-refractivity contribution is 7.94. The highest BCUT2D eigenvalue weighted by Crippen LogP contribution is 2.29. The lowest BCUT2D eigenvalue weighted by molar-refractivity contribution is -0.116. The highest BCUT2D eigenvalue weighted by atomic mass is 32.2. The van der Waals surface area contributed by atoms with Crippen molar-refractivity contribution in [1.82, 2.24) is 4.98 Å². The number of fused-ring (bicyclic) bond motifs is 2. The first-order valence-corrected chi connectivity index (χ1v) is 10.5. The third-order valence-corrected chi connectivity index (χ3v) is 7.36. The monoisotopic (exact) mass is 372 g/mol. The van der Waals surface area contributed by atoms with E-state index in [1.54, 1.807) is 11.0 Å². The van der Waals surface area contributed by atoms with Gasteiger partial charge in [0, 0.05) is 12.2 Å². The number of carbonyl (C=O) groups is 1. The van der Waals surface area contributed by atoms with E-state index in [1.807, 2.05) is 42.5 Å². The van der Waals surface area contributed by atoms with Crippen LogP contribution in [0.3, 0.4) is 0 Å². The minimum atomic E-state index is -3.76. The molecule has 2 heterocycles. The van der Waals surface area contributed by atoms with Crippen molar-refractivity contribution in [2.75, 3.05) is 17.2 Å². The van der Waals surface area contributed by atoms with Crippen molar-refractivity contribution < 1.29 is 13.2 Å². The summed E-state index contributed by atoms with van der Waals surface area (Å²) in [7, 11) is -3.76. The first kappa shape index (κ1) is 16.2. The number of rotatable bonds is 3. The summed E-state index contributed by atoms with van der Waals surface area (Å²) in [6.07, 6.45) is 1.74. The van der Waals surface area contributed by atoms with Crippen LogP contribution in [0.4, 0.5) is 5.69 Å². The summed E-state index contributed by atoms with van der Waals surface area (Å²) < 4.78 is 26.1. The van der Waals surface area contributed by atoms with Gasteiger partial charge in [0.1, 0.15) is 5.75 Å². The van der Waals surface area contributed by atoms with Gasteiger partial charge in [-0.15, -0.1) is 11.3 Å². The molecule has 0 spiro atoms. The number of amides is 1. The molecule has 0 bridgehead atoms. The molecular weight excluding hydrogens is 356 g/mol. The average molecular weight is 372 g/mol. The number of hydrogen-bond donors (Lipinski definition) is 0. The molecule has 0 N–H and O–H groups in total. The summed E-state index contributed by atoms with van der Waals surface area (Å²) in [4.78, 5) is 18.5. The number of aromatic nitrogens is 1. The fourth-order valence-corrected chi connectivity index (χ4v) is 5.57. The van der Waals surface area contributed by atoms with Crippen LogP contribution in [0, 0.1) is 0 Å². The molecule has 0 saturated heterocycles. The SMILES string of the molecule is O=C(CS(=O)(=O)c1nc2ccccc2s1)N1CCCc2ccccc21. The highest BCUT2D eigenvalue weighted by Gasteiger charge is 2.29. The van der Waals surface area contributed by atoms with E-state index in [2.05, 4.69) is 4.98 Å². The number of aryl methyl sites for hydroxylation is 1. The fraction of sp³-hybridized carbons (Fsp3) is 0.222. The van der Waals surface area contributed by atoms with E-state index >= 15 is 0 Å². The lowest BCUT2D eigenvalue weighted by Gasteiger charge is -2.29. The van der Waals surface area contributed by atoms with Crippen molar-refractivity contribution in [2.45, 2.75) is 17.2 Å². The maximum atomic E-state index is 12.7. The third-order valence-electron chi connectivity index (χ3n) is 4.27. The molecular formula is C18H16N2O3S2. The van der Waals surface area contributed by atoms with E-state index < -0.39 is 21.5 Å². The summed E-state index contributed by atoms with van der Waals surface area (Å²) in [5, 5.41) is 0. The van der Waals surface area contributed by atoms with Crippen LogP contribution in [-0.2, 0) is 21.1 Å². The van der Waals surface area contributed by atoms with E-state index in [0.29, 0.717) is 12.1 Å². The van der Waals surface area contributed by atoms with E-state index in [4.69, 9.17) is 0 Å². The lowest BCUT2D eigenvalue weighted by Crippen LogP contribution is -2.39. The Labute approximate surface area is 149 Å². The molecule has 25 heavy (non-hydrogen) atoms. The molecule has 0 fully saturated rings. The molecule has 4 rings (SSSR count). The molecule has 5 nitrogen and oxygen atoms in total. The number of nitrogens with zero attached hydrogens (tertiary/aromatic N) is 2. The number of hydrogen-bond acceptors (Lipinski definition) is 5. The summed E-state index contributed by atoms with van der Waals surface area (Å²) in [6.45, 7) is 0.547. The first-order valence-electron chi connectivity index (χ1n) is 8.01. The van der Waals surface area contributed by atoms with Crippen molar-refractivity contribution in [2.24, 2.45) is 0 Å². The minimum absolute atomic E-state index is 0.00680. The molecule has 128 valence electrons. The van der Waals surface area contributed by atoms with Crippen molar-refractivity contribution >= 4 is 43.0 Å². The molecule has 7 heteroatoms. The van der Waals surface area contributed by atoms with Crippen LogP contribution >= 0.6 is 11.3 Å². The summed E-state index contributed by atoms with van der Waals surface area (Å²) in [5.41, 5.74) is 2.54. The zero-order valence-corrected chi connectivity index (χ0v) is 15.0. The standard InChI is InChI=1S/C18H16N2O3S2/c21-17(20-11-5-7-13-6-1-3-9-15(13)20)12-25(22,23)18-19-14-8-2-4-10-16(14)24-18/h1-4,6,8-10H,5,7,11-12H2. The van der Waals surface area contributed by atoms with Gasteiger partial charge in [0.2, 0.25) is 20.1 Å². The number of carbonyl (C=O) groups excluding carboxylic acids is 1. The predicted octanol–water partition coefficient (Wildman–Crippen LogP) is 3.05. The quantitative estimate of drug-likeness (QED) is 0.709. The van der Waals surface area contributed by atoms with Crippen LogP contribution in [-0.4, -0.2) is 31.6 Å². The molecule has 3 aromatic rings. The maximum absolute atomic E-state index is 12.7. The first-order chi connectivity index (χ1) is 12.0. The Hall–Kier alpha value is -2.25. The topological polar surface area (TPSA) is 67.3 Å². The molecule has 0 unspecified atom stereocenters. The van der Waals surface area contributed by atoms with E-state index in [0.717, 1.165) is 40.1 Å². The number of thiazole rings is 1. The van der Waals surface area contributed by atoms with Crippen LogP contribution in [0.25, 0.3) is 10.2 Å². The molecule has 0 radical (unpaired) electrons. The molecule has 1 aromatic heterocycles. The number of anilines is 1. The van der Waals surface area contributed by atoms with Crippen LogP contribution in [0.2, 0.25) is 0 Å². The summed E-state index contributed by atoms with van der Waals surface area (Å²) in [5.74, 6) is -0.951. The molecule has 0 aliphatic carbocycles. The Balaban J connectivity index is 1.62. The van der Waals surface area contributed by atoms with Crippen LogP contribution in [0.15, 0.2) is 52.9 Å². The van der Waals surface area contributed by atoms with Gasteiger partial charge < -0.3 is 4.90 Å². The number of para-hydroxylation sites is 2. The minimum Gasteiger partial charge on any atom is -0.311 e. The Morgan fingerprint density at radius 1 is 1.12 bits per heavy atom.